The first-order valence-electron chi connectivity index (χ1n) is 22.9. The Morgan fingerprint density at radius 3 is 1.36 bits per heavy atom. The minimum atomic E-state index is -0.710. The van der Waals surface area contributed by atoms with Crippen LogP contribution in [0.15, 0.2) is 48.5 Å². The van der Waals surface area contributed by atoms with Gasteiger partial charge in [-0.15, -0.1) is 0 Å². The number of hydrogen-bond acceptors (Lipinski definition) is 8. The monoisotopic (exact) mass is 906 g/mol. The summed E-state index contributed by atoms with van der Waals surface area (Å²) in [4.78, 5) is 82.6. The molecule has 4 aliphatic rings. The summed E-state index contributed by atoms with van der Waals surface area (Å²) in [6, 6.07) is 17.3. The first kappa shape index (κ1) is 46.7. The molecule has 0 saturated heterocycles. The smallest absolute Gasteiger partial charge is 0.224 e. The van der Waals surface area contributed by atoms with Gasteiger partial charge >= 0.3 is 0 Å². The van der Waals surface area contributed by atoms with Gasteiger partial charge in [0.2, 0.25) is 11.8 Å². The zero-order valence-corrected chi connectivity index (χ0v) is 37.6. The van der Waals surface area contributed by atoms with Gasteiger partial charge in [-0.2, -0.15) is 10.5 Å². The first-order chi connectivity index (χ1) is 30.9. The number of para-hydroxylation sites is 2. The van der Waals surface area contributed by atoms with Gasteiger partial charge in [-0.25, -0.2) is 0 Å². The van der Waals surface area contributed by atoms with Crippen LogP contribution in [-0.4, -0.2) is 57.0 Å². The summed E-state index contributed by atoms with van der Waals surface area (Å²) in [5.74, 6) is -0.842. The summed E-state index contributed by atoms with van der Waals surface area (Å²) in [5.41, 5.74) is 2.29. The molecule has 2 heterocycles. The van der Waals surface area contributed by atoms with E-state index in [0.29, 0.717) is 82.8 Å². The van der Waals surface area contributed by atoms with E-state index < -0.39 is 23.9 Å². The number of fused-ring (bicyclic) bond motifs is 2. The van der Waals surface area contributed by atoms with Crippen molar-refractivity contribution in [3.63, 3.8) is 0 Å². The van der Waals surface area contributed by atoms with Crippen LogP contribution in [0.3, 0.4) is 0 Å². The molecule has 0 unspecified atom stereocenters. The maximum absolute atomic E-state index is 13.1. The summed E-state index contributed by atoms with van der Waals surface area (Å²) in [7, 11) is 0. The van der Waals surface area contributed by atoms with E-state index in [-0.39, 0.29) is 59.6 Å². The number of H-pyrrole nitrogens is 2. The number of nitriles is 2. The van der Waals surface area contributed by atoms with E-state index in [1.54, 1.807) is 24.3 Å². The standard InChI is InChI=1S/2C25H28ClN3O3/c2*26-20-6-3-5-17-12-21(29-24(17)20)23(31)13-18(10-15-8-9-15)25(32)28-19(14-27)11-16-4-1-2-7-22(16)30/h2*3,5-6,12,15-16,18-19,29H,1-2,4,7-11,13H2,(H,28,32)/t16-,18+,19-;16-,18-,19-/m00/s1. The number of Topliss-reactive ketones (excluding diaryl/α,β-unsaturated/α-hetero) is 4. The van der Waals surface area contributed by atoms with Gasteiger partial charge in [0.15, 0.2) is 11.6 Å². The van der Waals surface area contributed by atoms with Crippen LogP contribution in [0.2, 0.25) is 10.0 Å². The molecule has 4 aromatic rings. The molecule has 14 heteroatoms. The van der Waals surface area contributed by atoms with E-state index in [1.165, 1.54) is 0 Å². The van der Waals surface area contributed by atoms with Gasteiger partial charge in [0, 0.05) is 60.1 Å². The Labute approximate surface area is 383 Å². The quantitative estimate of drug-likeness (QED) is 0.0705. The second-order valence-corrected chi connectivity index (χ2v) is 19.3. The van der Waals surface area contributed by atoms with Crippen LogP contribution in [0.25, 0.3) is 21.8 Å². The molecule has 0 spiro atoms. The molecule has 4 aliphatic carbocycles. The predicted molar refractivity (Wildman–Crippen MR) is 244 cm³/mol. The van der Waals surface area contributed by atoms with Crippen molar-refractivity contribution in [1.82, 2.24) is 20.6 Å². The Morgan fingerprint density at radius 1 is 0.609 bits per heavy atom. The van der Waals surface area contributed by atoms with Crippen LogP contribution in [0.4, 0.5) is 0 Å². The predicted octanol–water partition coefficient (Wildman–Crippen LogP) is 9.94. The molecule has 0 aliphatic heterocycles. The van der Waals surface area contributed by atoms with E-state index in [4.69, 9.17) is 23.2 Å². The molecule has 6 atom stereocenters. The van der Waals surface area contributed by atoms with Crippen LogP contribution in [0.5, 0.6) is 0 Å². The van der Waals surface area contributed by atoms with Crippen molar-refractivity contribution in [2.24, 2.45) is 35.5 Å². The number of amides is 2. The minimum absolute atomic E-state index is 0.0767. The van der Waals surface area contributed by atoms with Crippen LogP contribution in [0.1, 0.15) is 137 Å². The van der Waals surface area contributed by atoms with Crippen LogP contribution in [-0.2, 0) is 19.2 Å². The van der Waals surface area contributed by atoms with E-state index in [9.17, 15) is 39.3 Å². The van der Waals surface area contributed by atoms with Crippen molar-refractivity contribution in [3.8, 4) is 12.1 Å². The van der Waals surface area contributed by atoms with E-state index in [2.05, 4.69) is 32.7 Å². The molecular weight excluding hydrogens is 851 g/mol. The van der Waals surface area contributed by atoms with Crippen molar-refractivity contribution >= 4 is 80.0 Å². The number of benzene rings is 2. The molecule has 0 radical (unpaired) electrons. The fourth-order valence-corrected chi connectivity index (χ4v) is 9.79. The number of rotatable bonds is 18. The van der Waals surface area contributed by atoms with E-state index in [0.717, 1.165) is 75.0 Å². The lowest BCUT2D eigenvalue weighted by molar-refractivity contribution is -0.127. The van der Waals surface area contributed by atoms with Gasteiger partial charge in [-0.1, -0.05) is 86.0 Å². The summed E-state index contributed by atoms with van der Waals surface area (Å²) < 4.78 is 0. The number of ketones is 4. The zero-order valence-electron chi connectivity index (χ0n) is 36.1. The van der Waals surface area contributed by atoms with Crippen LogP contribution in [0, 0.1) is 58.2 Å². The zero-order chi connectivity index (χ0) is 45.3. The molecule has 12 nitrogen and oxygen atoms in total. The highest BCUT2D eigenvalue weighted by atomic mass is 35.5. The summed E-state index contributed by atoms with van der Waals surface area (Å²) in [6.45, 7) is 0. The Bertz CT molecular complexity index is 2300. The molecule has 2 aromatic carbocycles. The van der Waals surface area contributed by atoms with Gasteiger partial charge in [-0.05, 0) is 87.5 Å². The van der Waals surface area contributed by atoms with E-state index >= 15 is 0 Å². The Balaban J connectivity index is 0.000000191. The van der Waals surface area contributed by atoms with Gasteiger partial charge < -0.3 is 20.6 Å². The maximum Gasteiger partial charge on any atom is 0.224 e. The fourth-order valence-electron chi connectivity index (χ4n) is 9.33. The lowest BCUT2D eigenvalue weighted by Crippen LogP contribution is -2.41. The Morgan fingerprint density at radius 2 is 1.02 bits per heavy atom. The molecular formula is C50H56Cl2N6O6. The first-order valence-corrected chi connectivity index (χ1v) is 23.7. The number of halogens is 2. The van der Waals surface area contributed by atoms with Gasteiger partial charge in [-0.3, -0.25) is 28.8 Å². The molecule has 8 rings (SSSR count). The third kappa shape index (κ3) is 12.5. The second kappa shape index (κ2) is 21.6. The lowest BCUT2D eigenvalue weighted by Gasteiger charge is -2.24. The number of aromatic nitrogens is 2. The third-order valence-corrected chi connectivity index (χ3v) is 14.0. The lowest BCUT2D eigenvalue weighted by atomic mass is 9.83. The third-order valence-electron chi connectivity index (χ3n) is 13.4. The average Bonchev–Trinajstić information content (AvgIpc) is 4.20. The summed E-state index contributed by atoms with van der Waals surface area (Å²) in [6.07, 6.45) is 12.9. The highest BCUT2D eigenvalue weighted by Gasteiger charge is 2.35. The van der Waals surface area contributed by atoms with Crippen molar-refractivity contribution in [2.45, 2.75) is 128 Å². The highest BCUT2D eigenvalue weighted by molar-refractivity contribution is 6.35. The molecule has 0 bridgehead atoms. The highest BCUT2D eigenvalue weighted by Crippen LogP contribution is 2.38. The number of nitrogens with zero attached hydrogens (tertiary/aromatic N) is 2. The average molecular weight is 908 g/mol. The van der Waals surface area contributed by atoms with Gasteiger partial charge in [0.25, 0.3) is 0 Å². The normalized spacial score (nSPS) is 20.5. The number of carbonyl (C=O) groups excluding carboxylic acids is 6. The second-order valence-electron chi connectivity index (χ2n) is 18.5. The molecule has 4 fully saturated rings. The van der Waals surface area contributed by atoms with Crippen molar-refractivity contribution in [3.05, 3.63) is 70.0 Å². The molecule has 2 aromatic heterocycles. The number of aromatic amines is 2. The maximum atomic E-state index is 13.1. The summed E-state index contributed by atoms with van der Waals surface area (Å²) in [5, 5.41) is 27.6. The number of hydrogen-bond donors (Lipinski definition) is 4. The van der Waals surface area contributed by atoms with Crippen molar-refractivity contribution in [2.75, 3.05) is 0 Å². The summed E-state index contributed by atoms with van der Waals surface area (Å²) >= 11 is 12.4. The SMILES string of the molecule is N#C[C@H](C[C@@H]1CCCCC1=O)NC(=O)[C@@H](CC(=O)c1cc2cccc(Cl)c2[nH]1)CC1CC1.N#C[C@H](C[C@@H]1CCCCC1=O)NC(=O)[C@H](CC(=O)c1cc2cccc(Cl)c2[nH]1)CC1CC1. The molecule has 64 heavy (non-hydrogen) atoms. The minimum Gasteiger partial charge on any atom is -0.351 e. The van der Waals surface area contributed by atoms with Crippen LogP contribution >= 0.6 is 23.2 Å². The molecule has 4 saturated carbocycles. The Kier molecular flexibility index (Phi) is 15.7. The van der Waals surface area contributed by atoms with Crippen molar-refractivity contribution in [1.29, 1.82) is 10.5 Å². The topological polar surface area (TPSA) is 206 Å². The molecule has 336 valence electrons. The molecule has 2 amide bonds. The van der Waals surface area contributed by atoms with Crippen molar-refractivity contribution < 1.29 is 28.8 Å². The largest absolute Gasteiger partial charge is 0.351 e. The van der Waals surface area contributed by atoms with Crippen LogP contribution < -0.4 is 10.6 Å². The Hall–Kier alpha value is -5.30. The molecule has 4 N–H and O–H groups in total. The van der Waals surface area contributed by atoms with Gasteiger partial charge in [0.1, 0.15) is 23.7 Å². The number of nitrogens with one attached hydrogen (secondary N) is 4. The number of carbonyl (C=O) groups is 6. The van der Waals surface area contributed by atoms with Gasteiger partial charge in [0.05, 0.1) is 44.6 Å². The van der Waals surface area contributed by atoms with E-state index in [1.807, 2.05) is 24.3 Å². The fraction of sp³-hybridized carbons (Fsp3) is 0.520.